The number of Topliss-reactive ketones (excluding diaryl/α,β-unsaturated/α-hetero) is 1. The van der Waals surface area contributed by atoms with Gasteiger partial charge in [0.05, 0.1) is 6.54 Å². The van der Waals surface area contributed by atoms with E-state index in [0.29, 0.717) is 0 Å². The summed E-state index contributed by atoms with van der Waals surface area (Å²) in [5.74, 6) is 1.21. The van der Waals surface area contributed by atoms with Crippen molar-refractivity contribution in [3.8, 4) is 0 Å². The number of hydrogen-bond acceptors (Lipinski definition) is 2. The summed E-state index contributed by atoms with van der Waals surface area (Å²) in [5.41, 5.74) is 6.30. The first kappa shape index (κ1) is 23.4. The van der Waals surface area contributed by atoms with Crippen LogP contribution in [0.1, 0.15) is 59.4 Å². The molecular formula is C19H34ClNO. The third-order valence-corrected chi connectivity index (χ3v) is 3.44. The number of carbonyl (C=O) groups excluding carboxylic acids is 1. The van der Waals surface area contributed by atoms with E-state index in [1.165, 1.54) is 18.4 Å². The minimum absolute atomic E-state index is 0.153. The lowest BCUT2D eigenvalue weighted by Crippen LogP contribution is -2.20. The zero-order chi connectivity index (χ0) is 17.5. The highest BCUT2D eigenvalue weighted by atomic mass is 35.5. The predicted octanol–water partition coefficient (Wildman–Crippen LogP) is 5.65. The smallest absolute Gasteiger partial charge is 0.149 e. The summed E-state index contributed by atoms with van der Waals surface area (Å²) in [7, 11) is 0. The van der Waals surface area contributed by atoms with Crippen LogP contribution in [0.3, 0.4) is 0 Å². The Morgan fingerprint density at radius 3 is 2.00 bits per heavy atom. The summed E-state index contributed by atoms with van der Waals surface area (Å²) in [6.07, 6.45) is 3.60. The van der Waals surface area contributed by atoms with E-state index in [1.54, 1.807) is 0 Å². The van der Waals surface area contributed by atoms with Gasteiger partial charge < -0.3 is 5.73 Å². The Morgan fingerprint density at radius 1 is 1.23 bits per heavy atom. The minimum atomic E-state index is 0.153. The zero-order valence-electron chi connectivity index (χ0n) is 15.2. The zero-order valence-corrected chi connectivity index (χ0v) is 15.9. The summed E-state index contributed by atoms with van der Waals surface area (Å²) < 4.78 is 0. The highest BCUT2D eigenvalue weighted by Crippen LogP contribution is 2.08. The lowest BCUT2D eigenvalue weighted by molar-refractivity contribution is -0.121. The molecule has 3 heteroatoms. The lowest BCUT2D eigenvalue weighted by atomic mass is 10.0. The molecule has 128 valence electrons. The van der Waals surface area contributed by atoms with Crippen molar-refractivity contribution in [1.82, 2.24) is 0 Å². The van der Waals surface area contributed by atoms with Gasteiger partial charge >= 0.3 is 0 Å². The largest absolute Gasteiger partial charge is 0.324 e. The molecule has 0 radical (unpaired) electrons. The van der Waals surface area contributed by atoms with Crippen molar-refractivity contribution in [2.24, 2.45) is 17.6 Å². The van der Waals surface area contributed by atoms with E-state index in [0.717, 1.165) is 17.4 Å². The van der Waals surface area contributed by atoms with E-state index in [2.05, 4.69) is 20.8 Å². The van der Waals surface area contributed by atoms with Crippen LogP contribution in [-0.2, 0) is 4.79 Å². The van der Waals surface area contributed by atoms with Crippen molar-refractivity contribution < 1.29 is 4.79 Å². The molecule has 0 saturated heterocycles. The molecule has 0 fully saturated rings. The monoisotopic (exact) mass is 327 g/mol. The third-order valence-electron chi connectivity index (χ3n) is 3.21. The van der Waals surface area contributed by atoms with Gasteiger partial charge in [0.25, 0.3) is 0 Å². The summed E-state index contributed by atoms with van der Waals surface area (Å²) in [4.78, 5) is 10.6. The van der Waals surface area contributed by atoms with E-state index in [9.17, 15) is 4.79 Å². The molecule has 22 heavy (non-hydrogen) atoms. The Balaban J connectivity index is 0. The topological polar surface area (TPSA) is 43.1 Å². The molecule has 0 aliphatic rings. The summed E-state index contributed by atoms with van der Waals surface area (Å²) in [6, 6.07) is 7.76. The van der Waals surface area contributed by atoms with E-state index in [-0.39, 0.29) is 18.2 Å². The normalized spacial score (nSPS) is 11.0. The lowest BCUT2D eigenvalue weighted by Gasteiger charge is -2.01. The van der Waals surface area contributed by atoms with Crippen LogP contribution in [-0.4, -0.2) is 12.3 Å². The van der Waals surface area contributed by atoms with Crippen LogP contribution in [0.5, 0.6) is 0 Å². The summed E-state index contributed by atoms with van der Waals surface area (Å²) >= 11 is 5.64. The molecule has 0 heterocycles. The van der Waals surface area contributed by atoms with Crippen molar-refractivity contribution in [2.75, 3.05) is 6.54 Å². The molecule has 0 bridgehead atoms. The molecule has 0 spiro atoms. The van der Waals surface area contributed by atoms with Crippen molar-refractivity contribution in [1.29, 1.82) is 0 Å². The maximum absolute atomic E-state index is 10.6. The first-order chi connectivity index (χ1) is 10.3. The van der Waals surface area contributed by atoms with Gasteiger partial charge in [0.1, 0.15) is 5.78 Å². The second kappa shape index (κ2) is 15.1. The van der Waals surface area contributed by atoms with Crippen LogP contribution < -0.4 is 5.73 Å². The van der Waals surface area contributed by atoms with Crippen LogP contribution in [0, 0.1) is 18.8 Å². The Morgan fingerprint density at radius 2 is 1.82 bits per heavy atom. The Hall–Kier alpha value is -0.860. The Labute approximate surface area is 142 Å². The quantitative estimate of drug-likeness (QED) is 0.759. The van der Waals surface area contributed by atoms with E-state index < -0.39 is 0 Å². The number of benzene rings is 1. The second-order valence-corrected chi connectivity index (χ2v) is 6.40. The van der Waals surface area contributed by atoms with Gasteiger partial charge in [-0.3, -0.25) is 4.79 Å². The highest BCUT2D eigenvalue weighted by Gasteiger charge is 2.06. The SMILES string of the molecule is CCC(C)C(=O)CN.CCCC(C)C.Cc1cccc(Cl)c1. The molecule has 0 amide bonds. The number of halogens is 1. The van der Waals surface area contributed by atoms with Crippen molar-refractivity contribution in [3.63, 3.8) is 0 Å². The first-order valence-corrected chi connectivity index (χ1v) is 8.61. The fraction of sp³-hybridized carbons (Fsp3) is 0.632. The fourth-order valence-electron chi connectivity index (χ4n) is 1.61. The van der Waals surface area contributed by atoms with Crippen molar-refractivity contribution >= 4 is 17.4 Å². The molecule has 1 aromatic rings. The van der Waals surface area contributed by atoms with Gasteiger partial charge in [-0.25, -0.2) is 0 Å². The predicted molar refractivity (Wildman–Crippen MR) is 99.5 cm³/mol. The number of aryl methyl sites for hydroxylation is 1. The first-order valence-electron chi connectivity index (χ1n) is 8.23. The molecule has 1 aromatic carbocycles. The van der Waals surface area contributed by atoms with Crippen LogP contribution in [0.15, 0.2) is 24.3 Å². The molecule has 2 N–H and O–H groups in total. The van der Waals surface area contributed by atoms with E-state index >= 15 is 0 Å². The molecule has 0 aliphatic carbocycles. The van der Waals surface area contributed by atoms with Crippen molar-refractivity contribution in [3.05, 3.63) is 34.9 Å². The number of hydrogen-bond donors (Lipinski definition) is 1. The van der Waals surface area contributed by atoms with Gasteiger partial charge in [-0.15, -0.1) is 0 Å². The third kappa shape index (κ3) is 15.5. The summed E-state index contributed by atoms with van der Waals surface area (Å²) in [6.45, 7) is 12.8. The average Bonchev–Trinajstić information content (AvgIpc) is 2.46. The molecule has 0 aromatic heterocycles. The van der Waals surface area contributed by atoms with Gasteiger partial charge in [0.2, 0.25) is 0 Å². The van der Waals surface area contributed by atoms with E-state index in [4.69, 9.17) is 17.3 Å². The van der Waals surface area contributed by atoms with Crippen LogP contribution in [0.2, 0.25) is 5.02 Å². The molecular weight excluding hydrogens is 294 g/mol. The van der Waals surface area contributed by atoms with E-state index in [1.807, 2.05) is 45.0 Å². The number of carbonyl (C=O) groups is 1. The van der Waals surface area contributed by atoms with Gasteiger partial charge in [0, 0.05) is 10.9 Å². The standard InChI is InChI=1S/C7H7Cl.C6H13NO.C6H14/c1-6-3-2-4-7(8)5-6;1-3-5(2)6(8)4-7;1-4-5-6(2)3/h2-5H,1H3;5H,3-4,7H2,1-2H3;6H,4-5H2,1-3H3. The Bertz CT molecular complexity index is 374. The molecule has 0 aliphatic heterocycles. The number of rotatable bonds is 5. The van der Waals surface area contributed by atoms with Gasteiger partial charge in [-0.05, 0) is 37.0 Å². The molecule has 0 saturated carbocycles. The maximum Gasteiger partial charge on any atom is 0.149 e. The highest BCUT2D eigenvalue weighted by molar-refractivity contribution is 6.30. The molecule has 1 atom stereocenters. The molecule has 1 rings (SSSR count). The second-order valence-electron chi connectivity index (χ2n) is 5.96. The maximum atomic E-state index is 10.6. The minimum Gasteiger partial charge on any atom is -0.324 e. The van der Waals surface area contributed by atoms with Gasteiger partial charge in [-0.2, -0.15) is 0 Å². The number of nitrogens with two attached hydrogens (primary N) is 1. The molecule has 2 nitrogen and oxygen atoms in total. The molecule has 1 unspecified atom stereocenters. The fourth-order valence-corrected chi connectivity index (χ4v) is 1.86. The van der Waals surface area contributed by atoms with Gasteiger partial charge in [0.15, 0.2) is 0 Å². The van der Waals surface area contributed by atoms with Crippen LogP contribution in [0.4, 0.5) is 0 Å². The van der Waals surface area contributed by atoms with Crippen LogP contribution in [0.25, 0.3) is 0 Å². The number of ketones is 1. The summed E-state index contributed by atoms with van der Waals surface area (Å²) in [5, 5.41) is 0.810. The van der Waals surface area contributed by atoms with Crippen molar-refractivity contribution in [2.45, 2.75) is 60.8 Å². The Kier molecular flexibility index (Phi) is 16.0. The van der Waals surface area contributed by atoms with Crippen LogP contribution >= 0.6 is 11.6 Å². The van der Waals surface area contributed by atoms with Gasteiger partial charge in [-0.1, -0.05) is 71.2 Å². The average molecular weight is 328 g/mol.